The van der Waals surface area contributed by atoms with Crippen LogP contribution in [0.3, 0.4) is 0 Å². The second kappa shape index (κ2) is 3.87. The van der Waals surface area contributed by atoms with Gasteiger partial charge in [-0.25, -0.2) is 4.98 Å². The van der Waals surface area contributed by atoms with Crippen molar-refractivity contribution in [3.63, 3.8) is 0 Å². The minimum Gasteiger partial charge on any atom is -0.481 e. The Morgan fingerprint density at radius 3 is 2.57 bits per heavy atom. The van der Waals surface area contributed by atoms with E-state index in [9.17, 15) is 13.2 Å². The van der Waals surface area contributed by atoms with Gasteiger partial charge in [-0.2, -0.15) is 13.2 Å². The van der Waals surface area contributed by atoms with Crippen molar-refractivity contribution in [3.05, 3.63) is 17.8 Å². The molecule has 0 aliphatic carbocycles. The molecule has 0 bridgehead atoms. The van der Waals surface area contributed by atoms with Gasteiger partial charge in [0.15, 0.2) is 0 Å². The zero-order valence-electron chi connectivity index (χ0n) is 7.17. The smallest absolute Gasteiger partial charge is 0.421 e. The molecule has 1 aromatic rings. The molecule has 0 fully saturated rings. The first-order valence-corrected chi connectivity index (χ1v) is 3.57. The molecule has 7 heteroatoms. The third-order valence-electron chi connectivity index (χ3n) is 1.52. The van der Waals surface area contributed by atoms with Crippen LogP contribution >= 0.6 is 0 Å². The SMILES string of the molecule is COc1ncc([B]O)cc1C(F)(F)F. The molecule has 0 saturated heterocycles. The Kier molecular flexibility index (Phi) is 3.00. The molecule has 0 atom stereocenters. The first kappa shape index (κ1) is 10.8. The first-order valence-electron chi connectivity index (χ1n) is 3.57. The molecule has 0 saturated carbocycles. The summed E-state index contributed by atoms with van der Waals surface area (Å²) in [5.41, 5.74) is -1.04. The van der Waals surface area contributed by atoms with Gasteiger partial charge in [0.25, 0.3) is 0 Å². The summed E-state index contributed by atoms with van der Waals surface area (Å²) in [6.07, 6.45) is -3.47. The van der Waals surface area contributed by atoms with Gasteiger partial charge in [0.05, 0.1) is 7.11 Å². The van der Waals surface area contributed by atoms with Crippen molar-refractivity contribution in [3.8, 4) is 5.88 Å². The molecule has 1 aromatic heterocycles. The summed E-state index contributed by atoms with van der Waals surface area (Å²) in [4.78, 5) is 3.40. The lowest BCUT2D eigenvalue weighted by molar-refractivity contribution is -0.139. The fraction of sp³-hybridized carbons (Fsp3) is 0.286. The van der Waals surface area contributed by atoms with Crippen molar-refractivity contribution in [2.45, 2.75) is 6.18 Å². The lowest BCUT2D eigenvalue weighted by Gasteiger charge is -2.11. The van der Waals surface area contributed by atoms with Crippen LogP contribution in [0.4, 0.5) is 13.2 Å². The number of methoxy groups -OCH3 is 1. The Hall–Kier alpha value is -1.24. The molecule has 1 rings (SSSR count). The molecule has 0 spiro atoms. The van der Waals surface area contributed by atoms with Crippen molar-refractivity contribution in [2.24, 2.45) is 0 Å². The normalized spacial score (nSPS) is 11.2. The van der Waals surface area contributed by atoms with Crippen molar-refractivity contribution < 1.29 is 22.9 Å². The predicted octanol–water partition coefficient (Wildman–Crippen LogP) is 0.346. The molecule has 75 valence electrons. The molecule has 0 aliphatic heterocycles. The van der Waals surface area contributed by atoms with Gasteiger partial charge in [0, 0.05) is 6.20 Å². The Bertz CT molecular complexity index is 329. The van der Waals surface area contributed by atoms with Gasteiger partial charge < -0.3 is 9.76 Å². The molecule has 14 heavy (non-hydrogen) atoms. The zero-order chi connectivity index (χ0) is 10.8. The summed E-state index contributed by atoms with van der Waals surface area (Å²) >= 11 is 0. The number of ether oxygens (including phenoxy) is 1. The van der Waals surface area contributed by atoms with Crippen LogP contribution < -0.4 is 10.2 Å². The topological polar surface area (TPSA) is 42.4 Å². The molecule has 0 amide bonds. The van der Waals surface area contributed by atoms with E-state index >= 15 is 0 Å². The van der Waals surface area contributed by atoms with Gasteiger partial charge in [0.1, 0.15) is 5.56 Å². The average Bonchev–Trinajstić information content (AvgIpc) is 2.15. The minimum atomic E-state index is -4.54. The van der Waals surface area contributed by atoms with Crippen LogP contribution in [-0.4, -0.2) is 24.6 Å². The lowest BCUT2D eigenvalue weighted by atomic mass is 9.89. The molecule has 0 unspecified atom stereocenters. The van der Waals surface area contributed by atoms with E-state index in [1.807, 2.05) is 0 Å². The molecule has 0 aliphatic rings. The van der Waals surface area contributed by atoms with Gasteiger partial charge in [-0.3, -0.25) is 0 Å². The number of hydrogen-bond acceptors (Lipinski definition) is 3. The lowest BCUT2D eigenvalue weighted by Crippen LogP contribution is -2.19. The third-order valence-corrected chi connectivity index (χ3v) is 1.52. The van der Waals surface area contributed by atoms with E-state index in [-0.39, 0.29) is 5.46 Å². The molecule has 1 heterocycles. The number of halogens is 3. The van der Waals surface area contributed by atoms with E-state index in [4.69, 9.17) is 5.02 Å². The Balaban J connectivity index is 3.22. The van der Waals surface area contributed by atoms with Gasteiger partial charge in [-0.05, 0) is 11.5 Å². The molecular weight excluding hydrogens is 198 g/mol. The predicted molar refractivity (Wildman–Crippen MR) is 43.4 cm³/mol. The molecular formula is C7H6BF3NO2. The maximum atomic E-state index is 12.3. The van der Waals surface area contributed by atoms with E-state index < -0.39 is 17.6 Å². The summed E-state index contributed by atoms with van der Waals surface area (Å²) in [5.74, 6) is -0.511. The van der Waals surface area contributed by atoms with Gasteiger partial charge in [-0.15, -0.1) is 0 Å². The number of nitrogens with zero attached hydrogens (tertiary/aromatic N) is 1. The van der Waals surface area contributed by atoms with Crippen molar-refractivity contribution in [1.29, 1.82) is 0 Å². The zero-order valence-corrected chi connectivity index (χ0v) is 7.17. The number of alkyl halides is 3. The van der Waals surface area contributed by atoms with Gasteiger partial charge >= 0.3 is 13.7 Å². The fourth-order valence-corrected chi connectivity index (χ4v) is 0.905. The van der Waals surface area contributed by atoms with E-state index in [0.29, 0.717) is 7.48 Å². The number of pyridine rings is 1. The van der Waals surface area contributed by atoms with Crippen LogP contribution in [0.5, 0.6) is 5.88 Å². The van der Waals surface area contributed by atoms with E-state index in [1.54, 1.807) is 0 Å². The largest absolute Gasteiger partial charge is 0.481 e. The minimum absolute atomic E-state index is 0.0295. The van der Waals surface area contributed by atoms with E-state index in [2.05, 4.69) is 9.72 Å². The molecule has 0 aromatic carbocycles. The number of hydrogen-bond donors (Lipinski definition) is 1. The van der Waals surface area contributed by atoms with Crippen molar-refractivity contribution >= 4 is 12.9 Å². The van der Waals surface area contributed by atoms with Crippen LogP contribution in [0.2, 0.25) is 0 Å². The van der Waals surface area contributed by atoms with Gasteiger partial charge in [-0.1, -0.05) is 0 Å². The summed E-state index contributed by atoms with van der Waals surface area (Å²) in [6, 6.07) is 0.756. The number of rotatable bonds is 2. The van der Waals surface area contributed by atoms with Crippen LogP contribution in [0.25, 0.3) is 0 Å². The Morgan fingerprint density at radius 1 is 1.50 bits per heavy atom. The maximum Gasteiger partial charge on any atom is 0.421 e. The quantitative estimate of drug-likeness (QED) is 0.706. The van der Waals surface area contributed by atoms with Crippen LogP contribution in [0.15, 0.2) is 12.3 Å². The first-order chi connectivity index (χ1) is 6.49. The third kappa shape index (κ3) is 2.17. The van der Waals surface area contributed by atoms with Crippen LogP contribution in [0.1, 0.15) is 5.56 Å². The van der Waals surface area contributed by atoms with Crippen molar-refractivity contribution in [2.75, 3.05) is 7.11 Å². The highest BCUT2D eigenvalue weighted by Gasteiger charge is 2.35. The fourth-order valence-electron chi connectivity index (χ4n) is 0.905. The van der Waals surface area contributed by atoms with E-state index in [1.165, 1.54) is 0 Å². The average molecular weight is 204 g/mol. The molecule has 1 N–H and O–H groups in total. The Morgan fingerprint density at radius 2 is 2.14 bits per heavy atom. The van der Waals surface area contributed by atoms with Crippen molar-refractivity contribution in [1.82, 2.24) is 4.98 Å². The summed E-state index contributed by atoms with van der Waals surface area (Å²) in [7, 11) is 1.64. The standard InChI is InChI=1S/C7H6BF3NO2/c1-14-6-5(7(9,10)11)2-4(8-13)3-12-6/h2-3,13H,1H3. The summed E-state index contributed by atoms with van der Waals surface area (Å²) in [5, 5.41) is 8.52. The summed E-state index contributed by atoms with van der Waals surface area (Å²) in [6.45, 7) is 0. The van der Waals surface area contributed by atoms with Gasteiger partial charge in [0.2, 0.25) is 5.88 Å². The maximum absolute atomic E-state index is 12.3. The summed E-state index contributed by atoms with van der Waals surface area (Å²) < 4.78 is 41.5. The highest BCUT2D eigenvalue weighted by atomic mass is 19.4. The second-order valence-corrected chi connectivity index (χ2v) is 2.45. The van der Waals surface area contributed by atoms with Crippen LogP contribution in [-0.2, 0) is 6.18 Å². The van der Waals surface area contributed by atoms with Crippen LogP contribution in [0, 0.1) is 0 Å². The highest BCUT2D eigenvalue weighted by molar-refractivity contribution is 6.45. The Labute approximate surface area is 78.8 Å². The monoisotopic (exact) mass is 204 g/mol. The molecule has 3 nitrogen and oxygen atoms in total. The van der Waals surface area contributed by atoms with E-state index in [0.717, 1.165) is 19.4 Å². The highest BCUT2D eigenvalue weighted by Crippen LogP contribution is 2.33. The molecule has 1 radical (unpaired) electrons. The second-order valence-electron chi connectivity index (χ2n) is 2.45. The number of aromatic nitrogens is 1.